The largest absolute Gasteiger partial charge is 0.507 e. The molecule has 2 rings (SSSR count). The highest BCUT2D eigenvalue weighted by molar-refractivity contribution is 9.10. The van der Waals surface area contributed by atoms with Gasteiger partial charge in [0.05, 0.1) is 5.56 Å². The third kappa shape index (κ3) is 2.40. The van der Waals surface area contributed by atoms with Crippen LogP contribution in [0.1, 0.15) is 10.4 Å². The van der Waals surface area contributed by atoms with Gasteiger partial charge in [-0.2, -0.15) is 0 Å². The number of aromatic nitrogens is 1. The van der Waals surface area contributed by atoms with E-state index in [0.717, 1.165) is 4.47 Å². The number of halogens is 1. The van der Waals surface area contributed by atoms with Crippen LogP contribution in [0, 0.1) is 0 Å². The third-order valence-corrected chi connectivity index (χ3v) is 3.04. The Hall–Kier alpha value is -1.40. The maximum Gasteiger partial charge on any atom is 0.261 e. The number of benzene rings is 1. The SMILES string of the molecule is O=C(Nc1nccs1)c1ccc(Br)cc1O. The van der Waals surface area contributed by atoms with Crippen LogP contribution in [-0.4, -0.2) is 16.0 Å². The Morgan fingerprint density at radius 3 is 2.94 bits per heavy atom. The first kappa shape index (κ1) is 11.1. The minimum atomic E-state index is -0.375. The van der Waals surface area contributed by atoms with Crippen molar-refractivity contribution in [1.29, 1.82) is 0 Å². The van der Waals surface area contributed by atoms with Gasteiger partial charge in [-0.3, -0.25) is 10.1 Å². The summed E-state index contributed by atoms with van der Waals surface area (Å²) in [5.41, 5.74) is 0.221. The molecular weight excluding hydrogens is 292 g/mol. The average molecular weight is 299 g/mol. The lowest BCUT2D eigenvalue weighted by molar-refractivity contribution is 0.102. The molecule has 0 saturated carbocycles. The Balaban J connectivity index is 2.21. The molecule has 1 amide bonds. The summed E-state index contributed by atoms with van der Waals surface area (Å²) < 4.78 is 0.718. The zero-order chi connectivity index (χ0) is 11.5. The normalized spacial score (nSPS) is 10.1. The fraction of sp³-hybridized carbons (Fsp3) is 0. The topological polar surface area (TPSA) is 62.2 Å². The van der Waals surface area contributed by atoms with Gasteiger partial charge in [0.1, 0.15) is 5.75 Å². The van der Waals surface area contributed by atoms with Crippen LogP contribution in [0.2, 0.25) is 0 Å². The van der Waals surface area contributed by atoms with Gasteiger partial charge in [-0.25, -0.2) is 4.98 Å². The second-order valence-electron chi connectivity index (χ2n) is 2.95. The first-order valence-electron chi connectivity index (χ1n) is 4.36. The van der Waals surface area contributed by atoms with Crippen LogP contribution in [0.3, 0.4) is 0 Å². The van der Waals surface area contributed by atoms with Crippen molar-refractivity contribution in [1.82, 2.24) is 4.98 Å². The first-order valence-corrected chi connectivity index (χ1v) is 6.03. The van der Waals surface area contributed by atoms with Crippen molar-refractivity contribution < 1.29 is 9.90 Å². The van der Waals surface area contributed by atoms with Gasteiger partial charge >= 0.3 is 0 Å². The fourth-order valence-corrected chi connectivity index (χ4v) is 2.02. The average Bonchev–Trinajstić information content (AvgIpc) is 2.70. The summed E-state index contributed by atoms with van der Waals surface area (Å²) in [6.07, 6.45) is 1.60. The molecule has 0 spiro atoms. The van der Waals surface area contributed by atoms with Crippen LogP contribution in [0.25, 0.3) is 0 Å². The molecule has 0 aliphatic rings. The molecule has 4 nitrogen and oxygen atoms in total. The second-order valence-corrected chi connectivity index (χ2v) is 4.76. The van der Waals surface area contributed by atoms with Crippen LogP contribution >= 0.6 is 27.3 Å². The van der Waals surface area contributed by atoms with Crippen LogP contribution < -0.4 is 5.32 Å². The number of aromatic hydroxyl groups is 1. The lowest BCUT2D eigenvalue weighted by Crippen LogP contribution is -2.11. The number of nitrogens with one attached hydrogen (secondary N) is 1. The molecule has 0 atom stereocenters. The van der Waals surface area contributed by atoms with Crippen molar-refractivity contribution in [2.75, 3.05) is 5.32 Å². The van der Waals surface area contributed by atoms with Crippen molar-refractivity contribution in [2.45, 2.75) is 0 Å². The molecule has 0 bridgehead atoms. The minimum Gasteiger partial charge on any atom is -0.507 e. The Morgan fingerprint density at radius 1 is 1.50 bits per heavy atom. The monoisotopic (exact) mass is 298 g/mol. The lowest BCUT2D eigenvalue weighted by Gasteiger charge is -2.04. The van der Waals surface area contributed by atoms with Gasteiger partial charge in [-0.15, -0.1) is 11.3 Å². The number of carbonyl (C=O) groups is 1. The summed E-state index contributed by atoms with van der Waals surface area (Å²) in [6.45, 7) is 0. The number of phenolic OH excluding ortho intramolecular Hbond substituents is 1. The molecule has 1 aromatic carbocycles. The molecule has 82 valence electrons. The Kier molecular flexibility index (Phi) is 3.21. The van der Waals surface area contributed by atoms with E-state index < -0.39 is 0 Å². The number of hydrogen-bond acceptors (Lipinski definition) is 4. The predicted octanol–water partition coefficient (Wildman–Crippen LogP) is 2.86. The van der Waals surface area contributed by atoms with E-state index >= 15 is 0 Å². The summed E-state index contributed by atoms with van der Waals surface area (Å²) in [5.74, 6) is -0.441. The molecule has 0 radical (unpaired) electrons. The second kappa shape index (κ2) is 4.63. The molecule has 2 aromatic rings. The van der Waals surface area contributed by atoms with Crippen molar-refractivity contribution in [3.8, 4) is 5.75 Å². The molecule has 0 unspecified atom stereocenters. The lowest BCUT2D eigenvalue weighted by atomic mass is 10.2. The molecule has 0 fully saturated rings. The quantitative estimate of drug-likeness (QED) is 0.896. The minimum absolute atomic E-state index is 0.0663. The van der Waals surface area contributed by atoms with E-state index in [1.54, 1.807) is 23.7 Å². The number of phenols is 1. The number of amides is 1. The van der Waals surface area contributed by atoms with Crippen molar-refractivity contribution in [3.05, 3.63) is 39.8 Å². The zero-order valence-electron chi connectivity index (χ0n) is 7.98. The van der Waals surface area contributed by atoms with Crippen LogP contribution in [0.4, 0.5) is 5.13 Å². The van der Waals surface area contributed by atoms with Gasteiger partial charge in [-0.05, 0) is 18.2 Å². The number of hydrogen-bond donors (Lipinski definition) is 2. The Bertz CT molecular complexity index is 514. The molecule has 1 heterocycles. The number of anilines is 1. The summed E-state index contributed by atoms with van der Waals surface area (Å²) >= 11 is 4.53. The number of rotatable bonds is 2. The molecular formula is C10H7BrN2O2S. The van der Waals surface area contributed by atoms with E-state index in [1.807, 2.05) is 0 Å². The highest BCUT2D eigenvalue weighted by Gasteiger charge is 2.12. The molecule has 0 aliphatic carbocycles. The van der Waals surface area contributed by atoms with Crippen molar-refractivity contribution in [3.63, 3.8) is 0 Å². The molecule has 0 aliphatic heterocycles. The van der Waals surface area contributed by atoms with Crippen LogP contribution in [0.5, 0.6) is 5.75 Å². The summed E-state index contributed by atoms with van der Waals surface area (Å²) in [6, 6.07) is 4.70. The van der Waals surface area contributed by atoms with Gasteiger partial charge in [-0.1, -0.05) is 15.9 Å². The molecule has 1 aromatic heterocycles. The summed E-state index contributed by atoms with van der Waals surface area (Å²) in [5, 5.41) is 14.4. The maximum atomic E-state index is 11.7. The third-order valence-electron chi connectivity index (χ3n) is 1.86. The number of thiazole rings is 1. The Morgan fingerprint density at radius 2 is 2.31 bits per heavy atom. The highest BCUT2D eigenvalue weighted by Crippen LogP contribution is 2.23. The predicted molar refractivity (Wildman–Crippen MR) is 65.9 cm³/mol. The van der Waals surface area contributed by atoms with E-state index in [4.69, 9.17) is 0 Å². The molecule has 2 N–H and O–H groups in total. The molecule has 16 heavy (non-hydrogen) atoms. The zero-order valence-corrected chi connectivity index (χ0v) is 10.4. The van der Waals surface area contributed by atoms with E-state index in [1.165, 1.54) is 17.4 Å². The van der Waals surface area contributed by atoms with E-state index in [-0.39, 0.29) is 17.2 Å². The van der Waals surface area contributed by atoms with Crippen molar-refractivity contribution in [2.24, 2.45) is 0 Å². The van der Waals surface area contributed by atoms with Gasteiger partial charge in [0.2, 0.25) is 0 Å². The first-order chi connectivity index (χ1) is 7.66. The van der Waals surface area contributed by atoms with Gasteiger partial charge in [0.15, 0.2) is 5.13 Å². The smallest absolute Gasteiger partial charge is 0.261 e. The van der Waals surface area contributed by atoms with Gasteiger partial charge in [0, 0.05) is 16.0 Å². The fourth-order valence-electron chi connectivity index (χ4n) is 1.15. The highest BCUT2D eigenvalue weighted by atomic mass is 79.9. The van der Waals surface area contributed by atoms with E-state index in [2.05, 4.69) is 26.2 Å². The number of nitrogens with zero attached hydrogens (tertiary/aromatic N) is 1. The van der Waals surface area contributed by atoms with Crippen molar-refractivity contribution >= 4 is 38.3 Å². The van der Waals surface area contributed by atoms with E-state index in [9.17, 15) is 9.90 Å². The van der Waals surface area contributed by atoms with E-state index in [0.29, 0.717) is 5.13 Å². The molecule has 0 saturated heterocycles. The van der Waals surface area contributed by atoms with Crippen LogP contribution in [-0.2, 0) is 0 Å². The van der Waals surface area contributed by atoms with Gasteiger partial charge < -0.3 is 5.11 Å². The van der Waals surface area contributed by atoms with Gasteiger partial charge in [0.25, 0.3) is 5.91 Å². The number of carbonyl (C=O) groups excluding carboxylic acids is 1. The molecule has 6 heteroatoms. The maximum absolute atomic E-state index is 11.7. The summed E-state index contributed by atoms with van der Waals surface area (Å²) in [7, 11) is 0. The summed E-state index contributed by atoms with van der Waals surface area (Å²) in [4.78, 5) is 15.6. The standard InChI is InChI=1S/C10H7BrN2O2S/c11-6-1-2-7(8(14)5-6)9(15)13-10-12-3-4-16-10/h1-5,14H,(H,12,13,15). The Labute approximate surface area is 104 Å². The van der Waals surface area contributed by atoms with Crippen LogP contribution in [0.15, 0.2) is 34.2 Å².